The first-order valence-corrected chi connectivity index (χ1v) is 5.67. The monoisotopic (exact) mass is 254 g/mol. The first-order valence-electron chi connectivity index (χ1n) is 4.79. The Balaban J connectivity index is 2.04. The Morgan fingerprint density at radius 2 is 2.12 bits per heavy atom. The molecule has 0 amide bonds. The Morgan fingerprint density at radius 3 is 2.76 bits per heavy atom. The number of carbonyl (C=O) groups excluding carboxylic acids is 1. The molecule has 0 aliphatic heterocycles. The van der Waals surface area contributed by atoms with Gasteiger partial charge in [-0.2, -0.15) is 0 Å². The van der Waals surface area contributed by atoms with E-state index in [0.29, 0.717) is 4.88 Å². The van der Waals surface area contributed by atoms with Gasteiger partial charge in [0, 0.05) is 11.6 Å². The molecular formula is C12H8F2O2S. The van der Waals surface area contributed by atoms with Crippen LogP contribution in [0.15, 0.2) is 29.6 Å². The van der Waals surface area contributed by atoms with Crippen LogP contribution >= 0.6 is 11.3 Å². The number of hydrogen-bond donors (Lipinski definition) is 0. The van der Waals surface area contributed by atoms with Gasteiger partial charge in [0.25, 0.3) is 0 Å². The summed E-state index contributed by atoms with van der Waals surface area (Å²) >= 11 is 1.29. The third-order valence-corrected chi connectivity index (χ3v) is 2.99. The van der Waals surface area contributed by atoms with E-state index < -0.39 is 11.6 Å². The third kappa shape index (κ3) is 2.88. The lowest BCUT2D eigenvalue weighted by atomic mass is 10.3. The summed E-state index contributed by atoms with van der Waals surface area (Å²) in [5, 5.41) is 1.76. The van der Waals surface area contributed by atoms with Gasteiger partial charge >= 0.3 is 0 Å². The predicted octanol–water partition coefficient (Wildman–Crippen LogP) is 3.42. The van der Waals surface area contributed by atoms with Crippen LogP contribution in [0.1, 0.15) is 15.2 Å². The largest absolute Gasteiger partial charge is 0.486 e. The van der Waals surface area contributed by atoms with E-state index in [1.165, 1.54) is 17.4 Å². The molecule has 0 bridgehead atoms. The number of thiophene rings is 1. The molecule has 0 saturated heterocycles. The zero-order valence-electron chi connectivity index (χ0n) is 8.65. The van der Waals surface area contributed by atoms with E-state index in [4.69, 9.17) is 4.74 Å². The van der Waals surface area contributed by atoms with Crippen molar-refractivity contribution in [3.63, 3.8) is 0 Å². The molecule has 2 rings (SSSR count). The second-order valence-corrected chi connectivity index (χ2v) is 4.28. The maximum Gasteiger partial charge on any atom is 0.167 e. The molecule has 0 N–H and O–H groups in total. The Labute approximate surface area is 100 Å². The molecule has 0 aliphatic carbocycles. The van der Waals surface area contributed by atoms with Crippen molar-refractivity contribution in [3.8, 4) is 5.75 Å². The molecule has 0 atom stereocenters. The van der Waals surface area contributed by atoms with Gasteiger partial charge < -0.3 is 4.74 Å². The number of carbonyl (C=O) groups is 1. The van der Waals surface area contributed by atoms with Crippen LogP contribution < -0.4 is 4.74 Å². The lowest BCUT2D eigenvalue weighted by Gasteiger charge is -2.05. The Kier molecular flexibility index (Phi) is 3.49. The molecule has 0 unspecified atom stereocenters. The topological polar surface area (TPSA) is 26.3 Å². The van der Waals surface area contributed by atoms with Crippen LogP contribution in [-0.4, -0.2) is 6.29 Å². The van der Waals surface area contributed by atoms with Crippen LogP contribution in [0.2, 0.25) is 0 Å². The molecule has 0 aliphatic rings. The van der Waals surface area contributed by atoms with E-state index in [-0.39, 0.29) is 12.4 Å². The molecule has 0 spiro atoms. The van der Waals surface area contributed by atoms with Crippen molar-refractivity contribution in [2.75, 3.05) is 0 Å². The smallest absolute Gasteiger partial charge is 0.167 e. The summed E-state index contributed by atoms with van der Waals surface area (Å²) in [5.41, 5.74) is 0.779. The van der Waals surface area contributed by atoms with Gasteiger partial charge in [0.15, 0.2) is 17.9 Å². The maximum absolute atomic E-state index is 13.2. The fourth-order valence-electron chi connectivity index (χ4n) is 1.29. The van der Waals surface area contributed by atoms with Gasteiger partial charge in [0.1, 0.15) is 12.4 Å². The summed E-state index contributed by atoms with van der Waals surface area (Å²) in [4.78, 5) is 11.0. The van der Waals surface area contributed by atoms with Crippen molar-refractivity contribution in [3.05, 3.63) is 51.7 Å². The first-order chi connectivity index (χ1) is 8.19. The maximum atomic E-state index is 13.2. The van der Waals surface area contributed by atoms with E-state index >= 15 is 0 Å². The molecule has 0 fully saturated rings. The zero-order valence-corrected chi connectivity index (χ0v) is 9.47. The van der Waals surface area contributed by atoms with Crippen molar-refractivity contribution in [1.82, 2.24) is 0 Å². The molecule has 17 heavy (non-hydrogen) atoms. The predicted molar refractivity (Wildman–Crippen MR) is 60.4 cm³/mol. The van der Waals surface area contributed by atoms with E-state index in [9.17, 15) is 13.6 Å². The van der Waals surface area contributed by atoms with Crippen molar-refractivity contribution < 1.29 is 18.3 Å². The quantitative estimate of drug-likeness (QED) is 0.781. The molecular weight excluding hydrogens is 246 g/mol. The molecule has 1 heterocycles. The number of benzene rings is 1. The standard InChI is InChI=1S/C12H8F2O2S/c13-9-1-2-12(11(14)4-9)16-6-8-3-10(5-15)17-7-8/h1-5,7H,6H2. The Bertz CT molecular complexity index is 537. The van der Waals surface area contributed by atoms with Crippen LogP contribution in [0.4, 0.5) is 8.78 Å². The summed E-state index contributed by atoms with van der Waals surface area (Å²) < 4.78 is 31.0. The van der Waals surface area contributed by atoms with Crippen LogP contribution in [0.5, 0.6) is 5.75 Å². The van der Waals surface area contributed by atoms with Gasteiger partial charge in [-0.15, -0.1) is 11.3 Å². The van der Waals surface area contributed by atoms with Gasteiger partial charge in [0.05, 0.1) is 4.88 Å². The van der Waals surface area contributed by atoms with Gasteiger partial charge in [-0.3, -0.25) is 4.79 Å². The van der Waals surface area contributed by atoms with Crippen LogP contribution in [0.25, 0.3) is 0 Å². The molecule has 5 heteroatoms. The lowest BCUT2D eigenvalue weighted by molar-refractivity contribution is 0.112. The summed E-state index contributed by atoms with van der Waals surface area (Å²) in [6.07, 6.45) is 0.743. The zero-order chi connectivity index (χ0) is 12.3. The van der Waals surface area contributed by atoms with Crippen LogP contribution in [-0.2, 0) is 6.61 Å². The number of rotatable bonds is 4. The SMILES string of the molecule is O=Cc1cc(COc2ccc(F)cc2F)cs1. The van der Waals surface area contributed by atoms with Gasteiger partial charge in [0.2, 0.25) is 0 Å². The highest BCUT2D eigenvalue weighted by Gasteiger charge is 2.06. The molecule has 1 aromatic heterocycles. The number of halogens is 2. The number of hydrogen-bond acceptors (Lipinski definition) is 3. The Morgan fingerprint density at radius 1 is 1.29 bits per heavy atom. The summed E-state index contributed by atoms with van der Waals surface area (Å²) in [7, 11) is 0. The van der Waals surface area contributed by atoms with E-state index in [0.717, 1.165) is 24.0 Å². The minimum absolute atomic E-state index is 0.00902. The number of ether oxygens (including phenoxy) is 1. The summed E-state index contributed by atoms with van der Waals surface area (Å²) in [6, 6.07) is 4.79. The normalized spacial score (nSPS) is 10.2. The fraction of sp³-hybridized carbons (Fsp3) is 0.0833. The van der Waals surface area contributed by atoms with E-state index in [1.807, 2.05) is 0 Å². The molecule has 88 valence electrons. The van der Waals surface area contributed by atoms with Gasteiger partial charge in [-0.1, -0.05) is 0 Å². The number of aldehydes is 1. The highest BCUT2D eigenvalue weighted by Crippen LogP contribution is 2.20. The molecule has 2 nitrogen and oxygen atoms in total. The van der Waals surface area contributed by atoms with Crippen molar-refractivity contribution in [2.24, 2.45) is 0 Å². The van der Waals surface area contributed by atoms with Crippen LogP contribution in [0.3, 0.4) is 0 Å². The molecule has 0 radical (unpaired) electrons. The second-order valence-electron chi connectivity index (χ2n) is 3.34. The molecule has 0 saturated carbocycles. The van der Waals surface area contributed by atoms with Crippen molar-refractivity contribution in [1.29, 1.82) is 0 Å². The fourth-order valence-corrected chi connectivity index (χ4v) is 1.98. The van der Waals surface area contributed by atoms with E-state index in [2.05, 4.69) is 0 Å². The summed E-state index contributed by atoms with van der Waals surface area (Å²) in [5.74, 6) is -1.39. The highest BCUT2D eigenvalue weighted by molar-refractivity contribution is 7.11. The Hall–Kier alpha value is -1.75. The first kappa shape index (κ1) is 11.7. The average molecular weight is 254 g/mol. The van der Waals surface area contributed by atoms with Gasteiger partial charge in [-0.05, 0) is 23.6 Å². The molecule has 2 aromatic rings. The minimum atomic E-state index is -0.740. The average Bonchev–Trinajstić information content (AvgIpc) is 2.76. The molecule has 1 aromatic carbocycles. The second kappa shape index (κ2) is 5.05. The van der Waals surface area contributed by atoms with Crippen molar-refractivity contribution >= 4 is 17.6 Å². The van der Waals surface area contributed by atoms with E-state index in [1.54, 1.807) is 11.4 Å². The minimum Gasteiger partial charge on any atom is -0.486 e. The van der Waals surface area contributed by atoms with Gasteiger partial charge in [-0.25, -0.2) is 8.78 Å². The van der Waals surface area contributed by atoms with Crippen molar-refractivity contribution in [2.45, 2.75) is 6.61 Å². The summed E-state index contributed by atoms with van der Waals surface area (Å²) in [6.45, 7) is 0.146. The third-order valence-electron chi connectivity index (χ3n) is 2.08. The van der Waals surface area contributed by atoms with Crippen LogP contribution in [0, 0.1) is 11.6 Å². The highest BCUT2D eigenvalue weighted by atomic mass is 32.1. The lowest BCUT2D eigenvalue weighted by Crippen LogP contribution is -1.96.